The highest BCUT2D eigenvalue weighted by Gasteiger charge is 2.07. The van der Waals surface area contributed by atoms with Crippen LogP contribution in [0.15, 0.2) is 36.0 Å². The topological polar surface area (TPSA) is 24.4 Å². The molecule has 0 atom stereocenters. The summed E-state index contributed by atoms with van der Waals surface area (Å²) in [5.41, 5.74) is 1.46. The average molecular weight is 192 g/mol. The van der Waals surface area contributed by atoms with Crippen LogP contribution in [-0.2, 0) is 0 Å². The van der Waals surface area contributed by atoms with E-state index in [4.69, 9.17) is 0 Å². The predicted molar refractivity (Wildman–Crippen MR) is 56.9 cm³/mol. The maximum atomic E-state index is 13.4. The molecule has 0 radical (unpaired) electrons. The Kier molecular flexibility index (Phi) is 3.40. The molecule has 14 heavy (non-hydrogen) atoms. The van der Waals surface area contributed by atoms with Crippen LogP contribution in [-0.4, -0.2) is 12.9 Å². The number of rotatable bonds is 2. The van der Waals surface area contributed by atoms with Crippen molar-refractivity contribution in [2.24, 2.45) is 4.99 Å². The molecule has 0 unspecified atom stereocenters. The van der Waals surface area contributed by atoms with Crippen LogP contribution in [0.2, 0.25) is 0 Å². The summed E-state index contributed by atoms with van der Waals surface area (Å²) in [6.07, 6.45) is 1.48. The molecule has 0 saturated carbocycles. The van der Waals surface area contributed by atoms with Crippen molar-refractivity contribution >= 4 is 5.84 Å². The zero-order valence-electron chi connectivity index (χ0n) is 8.34. The lowest BCUT2D eigenvalue weighted by atomic mass is 10.1. The Bertz CT molecular complexity index is 370. The maximum absolute atomic E-state index is 13.4. The molecule has 0 aliphatic rings. The predicted octanol–water partition coefficient (Wildman–Crippen LogP) is 2.24. The Morgan fingerprint density at radius 3 is 2.86 bits per heavy atom. The highest BCUT2D eigenvalue weighted by Crippen LogP contribution is 2.10. The smallest absolute Gasteiger partial charge is 0.134 e. The second-order valence-corrected chi connectivity index (χ2v) is 2.90. The fourth-order valence-corrected chi connectivity index (χ4v) is 1.18. The summed E-state index contributed by atoms with van der Waals surface area (Å²) in [6.45, 7) is 5.42. The maximum Gasteiger partial charge on any atom is 0.134 e. The first-order valence-electron chi connectivity index (χ1n) is 4.29. The Hall–Kier alpha value is -1.64. The lowest BCUT2D eigenvalue weighted by Crippen LogP contribution is -2.19. The molecule has 1 aromatic carbocycles. The molecular weight excluding hydrogens is 179 g/mol. The van der Waals surface area contributed by atoms with E-state index in [0.29, 0.717) is 11.4 Å². The van der Waals surface area contributed by atoms with Crippen LogP contribution in [0.4, 0.5) is 4.39 Å². The number of hydrogen-bond acceptors (Lipinski definition) is 1. The molecule has 0 heterocycles. The first-order valence-corrected chi connectivity index (χ1v) is 4.29. The molecule has 0 fully saturated rings. The van der Waals surface area contributed by atoms with Gasteiger partial charge >= 0.3 is 0 Å². The molecular formula is C11H13FN2. The molecule has 74 valence electrons. The summed E-state index contributed by atoms with van der Waals surface area (Å²) in [6, 6.07) is 4.90. The SMILES string of the molecule is C=CNC(=NC)c1cc(C)ccc1F. The summed E-state index contributed by atoms with van der Waals surface area (Å²) in [4.78, 5) is 3.94. The van der Waals surface area contributed by atoms with Gasteiger partial charge in [-0.1, -0.05) is 18.2 Å². The van der Waals surface area contributed by atoms with Gasteiger partial charge in [0.2, 0.25) is 0 Å². The third-order valence-corrected chi connectivity index (χ3v) is 1.84. The van der Waals surface area contributed by atoms with Gasteiger partial charge in [-0.15, -0.1) is 0 Å². The Labute approximate surface area is 83.2 Å². The van der Waals surface area contributed by atoms with Crippen LogP contribution in [0, 0.1) is 12.7 Å². The molecule has 0 saturated heterocycles. The summed E-state index contributed by atoms with van der Waals surface area (Å²) in [5, 5.41) is 2.79. The molecule has 1 N–H and O–H groups in total. The van der Waals surface area contributed by atoms with Gasteiger partial charge in [-0.2, -0.15) is 0 Å². The fourth-order valence-electron chi connectivity index (χ4n) is 1.18. The summed E-state index contributed by atoms with van der Waals surface area (Å²) in [5.74, 6) is 0.201. The van der Waals surface area contributed by atoms with Gasteiger partial charge in [-0.05, 0) is 25.3 Å². The lowest BCUT2D eigenvalue weighted by Gasteiger charge is -2.07. The van der Waals surface area contributed by atoms with Crippen molar-refractivity contribution in [1.82, 2.24) is 5.32 Å². The van der Waals surface area contributed by atoms with Crippen molar-refractivity contribution in [3.63, 3.8) is 0 Å². The van der Waals surface area contributed by atoms with E-state index < -0.39 is 0 Å². The number of amidine groups is 1. The number of aryl methyl sites for hydroxylation is 1. The Morgan fingerprint density at radius 2 is 2.29 bits per heavy atom. The minimum Gasteiger partial charge on any atom is -0.347 e. The van der Waals surface area contributed by atoms with E-state index in [1.54, 1.807) is 19.2 Å². The van der Waals surface area contributed by atoms with Crippen LogP contribution >= 0.6 is 0 Å². The van der Waals surface area contributed by atoms with E-state index in [-0.39, 0.29) is 5.82 Å². The van der Waals surface area contributed by atoms with E-state index >= 15 is 0 Å². The normalized spacial score (nSPS) is 11.2. The molecule has 3 heteroatoms. The second-order valence-electron chi connectivity index (χ2n) is 2.90. The van der Waals surface area contributed by atoms with Crippen LogP contribution in [0.3, 0.4) is 0 Å². The standard InChI is InChI=1S/C11H13FN2/c1-4-14-11(13-3)9-7-8(2)5-6-10(9)12/h4-7H,1H2,2-3H3,(H,13,14). The zero-order valence-corrected chi connectivity index (χ0v) is 8.34. The number of nitrogens with zero attached hydrogens (tertiary/aromatic N) is 1. The van der Waals surface area contributed by atoms with Crippen LogP contribution in [0.1, 0.15) is 11.1 Å². The first kappa shape index (κ1) is 10.4. The summed E-state index contributed by atoms with van der Waals surface area (Å²) in [7, 11) is 1.60. The van der Waals surface area contributed by atoms with Gasteiger partial charge in [0.1, 0.15) is 11.7 Å². The van der Waals surface area contributed by atoms with Crippen molar-refractivity contribution in [2.75, 3.05) is 7.05 Å². The molecule has 1 rings (SSSR count). The van der Waals surface area contributed by atoms with Gasteiger partial charge < -0.3 is 5.32 Å². The summed E-state index contributed by atoms with van der Waals surface area (Å²) < 4.78 is 13.4. The largest absolute Gasteiger partial charge is 0.347 e. The molecule has 0 aliphatic carbocycles. The van der Waals surface area contributed by atoms with Crippen molar-refractivity contribution < 1.29 is 4.39 Å². The molecule has 0 bridgehead atoms. The number of halogens is 1. The highest BCUT2D eigenvalue weighted by atomic mass is 19.1. The van der Waals surface area contributed by atoms with E-state index in [9.17, 15) is 4.39 Å². The number of aliphatic imine (C=N–C) groups is 1. The third kappa shape index (κ3) is 2.19. The first-order chi connectivity index (χ1) is 6.69. The van der Waals surface area contributed by atoms with Crippen molar-refractivity contribution in [2.45, 2.75) is 6.92 Å². The average Bonchev–Trinajstić information content (AvgIpc) is 2.18. The molecule has 0 aromatic heterocycles. The van der Waals surface area contributed by atoms with Gasteiger partial charge in [0, 0.05) is 7.05 Å². The van der Waals surface area contributed by atoms with Gasteiger partial charge in [0.25, 0.3) is 0 Å². The van der Waals surface area contributed by atoms with Crippen molar-refractivity contribution in [1.29, 1.82) is 0 Å². The van der Waals surface area contributed by atoms with Crippen LogP contribution < -0.4 is 5.32 Å². The van der Waals surface area contributed by atoms with E-state index in [2.05, 4.69) is 16.9 Å². The van der Waals surface area contributed by atoms with Gasteiger partial charge in [-0.25, -0.2) is 4.39 Å². The van der Waals surface area contributed by atoms with Crippen LogP contribution in [0.5, 0.6) is 0 Å². The Morgan fingerprint density at radius 1 is 1.57 bits per heavy atom. The fraction of sp³-hybridized carbons (Fsp3) is 0.182. The molecule has 1 aromatic rings. The van der Waals surface area contributed by atoms with Crippen molar-refractivity contribution in [3.8, 4) is 0 Å². The number of nitrogens with one attached hydrogen (secondary N) is 1. The molecule has 0 amide bonds. The second kappa shape index (κ2) is 4.56. The minimum absolute atomic E-state index is 0.287. The lowest BCUT2D eigenvalue weighted by molar-refractivity contribution is 0.624. The summed E-state index contributed by atoms with van der Waals surface area (Å²) >= 11 is 0. The van der Waals surface area contributed by atoms with E-state index in [1.807, 2.05) is 6.92 Å². The Balaban J connectivity index is 3.15. The van der Waals surface area contributed by atoms with E-state index in [1.165, 1.54) is 12.3 Å². The monoisotopic (exact) mass is 192 g/mol. The quantitative estimate of drug-likeness (QED) is 0.564. The van der Waals surface area contributed by atoms with E-state index in [0.717, 1.165) is 5.56 Å². The highest BCUT2D eigenvalue weighted by molar-refractivity contribution is 5.99. The van der Waals surface area contributed by atoms with Gasteiger partial charge in [0.05, 0.1) is 5.56 Å². The third-order valence-electron chi connectivity index (χ3n) is 1.84. The molecule has 0 spiro atoms. The van der Waals surface area contributed by atoms with Gasteiger partial charge in [-0.3, -0.25) is 4.99 Å². The zero-order chi connectivity index (χ0) is 10.6. The number of hydrogen-bond donors (Lipinski definition) is 1. The number of benzene rings is 1. The minimum atomic E-state index is -0.287. The molecule has 0 aliphatic heterocycles. The van der Waals surface area contributed by atoms with Crippen LogP contribution in [0.25, 0.3) is 0 Å². The van der Waals surface area contributed by atoms with Crippen molar-refractivity contribution in [3.05, 3.63) is 47.9 Å². The molecule has 2 nitrogen and oxygen atoms in total. The van der Waals surface area contributed by atoms with Gasteiger partial charge in [0.15, 0.2) is 0 Å².